The minimum Gasteiger partial charge on any atom is -0.504 e. The summed E-state index contributed by atoms with van der Waals surface area (Å²) in [5.74, 6) is 1.09. The Morgan fingerprint density at radius 3 is 2.56 bits per heavy atom. The van der Waals surface area contributed by atoms with Gasteiger partial charge in [0, 0.05) is 18.0 Å². The van der Waals surface area contributed by atoms with Crippen molar-refractivity contribution in [2.45, 2.75) is 31.8 Å². The number of phenolic OH excluding ortho intramolecular Hbond substituents is 2. The van der Waals surface area contributed by atoms with E-state index >= 15 is 0 Å². The molecule has 1 atom stereocenters. The van der Waals surface area contributed by atoms with E-state index in [9.17, 15) is 10.2 Å². The van der Waals surface area contributed by atoms with Crippen molar-refractivity contribution in [2.24, 2.45) is 0 Å². The monoisotopic (exact) mass is 365 g/mol. The lowest BCUT2D eigenvalue weighted by molar-refractivity contribution is 0.229. The van der Waals surface area contributed by atoms with E-state index in [4.69, 9.17) is 9.47 Å². The van der Waals surface area contributed by atoms with Gasteiger partial charge >= 0.3 is 0 Å². The van der Waals surface area contributed by atoms with Crippen molar-refractivity contribution in [3.8, 4) is 23.0 Å². The highest BCUT2D eigenvalue weighted by Gasteiger charge is 2.33. The van der Waals surface area contributed by atoms with Crippen molar-refractivity contribution >= 4 is 21.5 Å². The molecule has 0 radical (unpaired) electrons. The summed E-state index contributed by atoms with van der Waals surface area (Å²) in [4.78, 5) is 2.55. The van der Waals surface area contributed by atoms with Crippen LogP contribution in [0.2, 0.25) is 0 Å². The van der Waals surface area contributed by atoms with Gasteiger partial charge in [-0.1, -0.05) is 6.07 Å². The molecule has 3 aromatic carbocycles. The molecular formula is C22H23NO4. The Morgan fingerprint density at radius 1 is 0.963 bits per heavy atom. The van der Waals surface area contributed by atoms with Crippen LogP contribution in [0.3, 0.4) is 0 Å². The summed E-state index contributed by atoms with van der Waals surface area (Å²) in [5, 5.41) is 24.9. The van der Waals surface area contributed by atoms with Crippen molar-refractivity contribution in [3.63, 3.8) is 0 Å². The van der Waals surface area contributed by atoms with Crippen LogP contribution < -0.4 is 9.47 Å². The number of hydrogen-bond donors (Lipinski definition) is 2. The van der Waals surface area contributed by atoms with Crippen LogP contribution in [0.4, 0.5) is 0 Å². The molecule has 0 aliphatic carbocycles. The first-order valence-corrected chi connectivity index (χ1v) is 9.40. The summed E-state index contributed by atoms with van der Waals surface area (Å²) >= 11 is 0. The zero-order valence-electron chi connectivity index (χ0n) is 15.6. The maximum Gasteiger partial charge on any atom is 0.166 e. The van der Waals surface area contributed by atoms with E-state index in [2.05, 4.69) is 4.90 Å². The number of hydrogen-bond acceptors (Lipinski definition) is 5. The Balaban J connectivity index is 1.93. The third kappa shape index (κ3) is 2.28. The number of benzene rings is 3. The summed E-state index contributed by atoms with van der Waals surface area (Å²) in [6, 6.07) is 8.04. The van der Waals surface area contributed by atoms with Gasteiger partial charge in [-0.15, -0.1) is 0 Å². The van der Waals surface area contributed by atoms with Crippen LogP contribution in [-0.4, -0.2) is 41.9 Å². The highest BCUT2D eigenvalue weighted by molar-refractivity contribution is 6.15. The lowest BCUT2D eigenvalue weighted by atomic mass is 9.85. The van der Waals surface area contributed by atoms with Crippen molar-refractivity contribution in [1.29, 1.82) is 0 Å². The van der Waals surface area contributed by atoms with Crippen LogP contribution in [0.1, 0.15) is 24.0 Å². The average Bonchev–Trinajstić information content (AvgIpc) is 3.14. The third-order valence-electron chi connectivity index (χ3n) is 6.26. The normalized spacial score (nSPS) is 19.3. The molecule has 1 saturated heterocycles. The van der Waals surface area contributed by atoms with Crippen LogP contribution in [-0.2, 0) is 13.0 Å². The number of methoxy groups -OCH3 is 2. The summed E-state index contributed by atoms with van der Waals surface area (Å²) in [7, 11) is 3.11. The predicted octanol–water partition coefficient (Wildman–Crippen LogP) is 3.94. The highest BCUT2D eigenvalue weighted by atomic mass is 16.5. The van der Waals surface area contributed by atoms with E-state index in [0.29, 0.717) is 17.5 Å². The minimum atomic E-state index is 0.0725. The molecule has 2 aliphatic heterocycles. The smallest absolute Gasteiger partial charge is 0.166 e. The zero-order chi connectivity index (χ0) is 18.7. The van der Waals surface area contributed by atoms with Crippen molar-refractivity contribution in [3.05, 3.63) is 35.4 Å². The fraction of sp³-hybridized carbons (Fsp3) is 0.364. The van der Waals surface area contributed by atoms with Crippen LogP contribution in [0, 0.1) is 0 Å². The largest absolute Gasteiger partial charge is 0.504 e. The van der Waals surface area contributed by atoms with Gasteiger partial charge in [0.25, 0.3) is 0 Å². The number of ether oxygens (including phenoxy) is 2. The Morgan fingerprint density at radius 2 is 1.78 bits per heavy atom. The number of rotatable bonds is 2. The van der Waals surface area contributed by atoms with Crippen molar-refractivity contribution < 1.29 is 19.7 Å². The summed E-state index contributed by atoms with van der Waals surface area (Å²) in [6.45, 7) is 2.03. The summed E-state index contributed by atoms with van der Waals surface area (Å²) < 4.78 is 10.7. The van der Waals surface area contributed by atoms with E-state index in [0.717, 1.165) is 41.1 Å². The molecule has 2 aliphatic rings. The summed E-state index contributed by atoms with van der Waals surface area (Å²) in [6.07, 6.45) is 3.44. The molecule has 5 nitrogen and oxygen atoms in total. The number of fused-ring (bicyclic) bond motifs is 7. The molecule has 2 N–H and O–H groups in total. The third-order valence-corrected chi connectivity index (χ3v) is 6.26. The standard InChI is InChI=1S/C22H23NO4/c1-26-19-6-5-13-14-8-12-4-3-7-23(12)11-17(14)15-10-20(27-2)18(24)9-16(15)21(13)22(19)25/h5-6,9-10,12,24-25H,3-4,7-8,11H2,1-2H3/t12-/m0/s1. The first-order valence-electron chi connectivity index (χ1n) is 9.40. The number of phenols is 2. The van der Waals surface area contributed by atoms with Crippen molar-refractivity contribution in [1.82, 2.24) is 4.90 Å². The molecule has 27 heavy (non-hydrogen) atoms. The Labute approximate surface area is 157 Å². The minimum absolute atomic E-state index is 0.0725. The van der Waals surface area contributed by atoms with Crippen molar-refractivity contribution in [2.75, 3.05) is 20.8 Å². The van der Waals surface area contributed by atoms with Gasteiger partial charge < -0.3 is 19.7 Å². The Bertz CT molecular complexity index is 1080. The first kappa shape index (κ1) is 16.5. The Kier molecular flexibility index (Phi) is 3.62. The molecule has 3 aromatic rings. The second kappa shape index (κ2) is 5.92. The van der Waals surface area contributed by atoms with E-state index in [-0.39, 0.29) is 11.5 Å². The molecule has 0 spiro atoms. The molecule has 0 amide bonds. The molecule has 2 heterocycles. The maximum absolute atomic E-state index is 10.9. The summed E-state index contributed by atoms with van der Waals surface area (Å²) in [5.41, 5.74) is 2.57. The van der Waals surface area contributed by atoms with Gasteiger partial charge in [0.15, 0.2) is 23.0 Å². The van der Waals surface area contributed by atoms with Gasteiger partial charge in [-0.3, -0.25) is 4.90 Å². The zero-order valence-corrected chi connectivity index (χ0v) is 15.6. The lowest BCUT2D eigenvalue weighted by Crippen LogP contribution is -2.35. The van der Waals surface area contributed by atoms with Gasteiger partial charge in [0.2, 0.25) is 0 Å². The topological polar surface area (TPSA) is 62.2 Å². The van der Waals surface area contributed by atoms with Gasteiger partial charge in [0.05, 0.1) is 14.2 Å². The molecule has 0 aromatic heterocycles. The number of nitrogens with zero attached hydrogens (tertiary/aromatic N) is 1. The van der Waals surface area contributed by atoms with Crippen LogP contribution in [0.25, 0.3) is 21.5 Å². The molecule has 140 valence electrons. The molecule has 1 fully saturated rings. The van der Waals surface area contributed by atoms with E-state index < -0.39 is 0 Å². The van der Waals surface area contributed by atoms with Crippen LogP contribution in [0.5, 0.6) is 23.0 Å². The van der Waals surface area contributed by atoms with Crippen LogP contribution in [0.15, 0.2) is 24.3 Å². The molecular weight excluding hydrogens is 342 g/mol. The first-order chi connectivity index (χ1) is 13.1. The second-order valence-corrected chi connectivity index (χ2v) is 7.54. The molecule has 5 rings (SSSR count). The predicted molar refractivity (Wildman–Crippen MR) is 105 cm³/mol. The van der Waals surface area contributed by atoms with Crippen LogP contribution >= 0.6 is 0 Å². The van der Waals surface area contributed by atoms with Gasteiger partial charge in [-0.2, -0.15) is 0 Å². The van der Waals surface area contributed by atoms with Gasteiger partial charge in [0.1, 0.15) is 0 Å². The quantitative estimate of drug-likeness (QED) is 0.674. The highest BCUT2D eigenvalue weighted by Crippen LogP contribution is 2.47. The SMILES string of the molecule is COc1cc2c3c(c4ccc(OC)c(O)c4c2cc1O)C[C@@H]1CCCN1C3. The Hall–Kier alpha value is -2.66. The van der Waals surface area contributed by atoms with E-state index in [1.54, 1.807) is 20.3 Å². The fourth-order valence-corrected chi connectivity index (χ4v) is 4.96. The van der Waals surface area contributed by atoms with Gasteiger partial charge in [-0.25, -0.2) is 0 Å². The fourth-order valence-electron chi connectivity index (χ4n) is 4.96. The number of aromatic hydroxyl groups is 2. The van der Waals surface area contributed by atoms with E-state index in [1.807, 2.05) is 18.2 Å². The molecule has 0 saturated carbocycles. The van der Waals surface area contributed by atoms with E-state index in [1.165, 1.54) is 24.0 Å². The second-order valence-electron chi connectivity index (χ2n) is 7.54. The molecule has 5 heteroatoms. The van der Waals surface area contributed by atoms with Gasteiger partial charge in [-0.05, 0) is 71.3 Å². The molecule has 0 unspecified atom stereocenters. The molecule has 0 bridgehead atoms. The lowest BCUT2D eigenvalue weighted by Gasteiger charge is -2.33. The average molecular weight is 365 g/mol. The maximum atomic E-state index is 10.9.